The highest BCUT2D eigenvalue weighted by Gasteiger charge is 2.42. The van der Waals surface area contributed by atoms with E-state index in [1.165, 1.54) is 30.0 Å². The Kier molecular flexibility index (Phi) is 17.7. The second kappa shape index (κ2) is 22.9. The first kappa shape index (κ1) is 59.3. The van der Waals surface area contributed by atoms with E-state index in [4.69, 9.17) is 23.2 Å². The number of alkyl halides is 12. The van der Waals surface area contributed by atoms with Crippen molar-refractivity contribution >= 4 is 102 Å². The molecule has 0 radical (unpaired) electrons. The van der Waals surface area contributed by atoms with E-state index in [0.717, 1.165) is 23.1 Å². The maximum atomic E-state index is 13.8. The number of amides is 4. The van der Waals surface area contributed by atoms with E-state index in [0.29, 0.717) is 51.5 Å². The first-order chi connectivity index (χ1) is 35.7. The number of Topliss-reactive ketones (excluding diaryl/α,β-unsaturated/α-hetero) is 2. The van der Waals surface area contributed by atoms with Crippen molar-refractivity contribution in [2.24, 2.45) is 0 Å². The normalized spacial score (nSPS) is 13.6. The van der Waals surface area contributed by atoms with E-state index in [2.05, 4.69) is 31.9 Å². The van der Waals surface area contributed by atoms with Gasteiger partial charge in [0.25, 0.3) is 29.4 Å². The van der Waals surface area contributed by atoms with Crippen LogP contribution in [0.15, 0.2) is 136 Å². The molecule has 0 fully saturated rings. The molecule has 0 saturated heterocycles. The number of halogens is 16. The molecular weight excluding hydrogens is 1220 g/mol. The number of rotatable bonds is 9. The van der Waals surface area contributed by atoms with E-state index < -0.39 is 75.9 Å². The zero-order chi connectivity index (χ0) is 57.3. The fourth-order valence-corrected chi connectivity index (χ4v) is 8.80. The van der Waals surface area contributed by atoms with Gasteiger partial charge in [0.2, 0.25) is 0 Å². The van der Waals surface area contributed by atoms with Gasteiger partial charge in [-0.3, -0.25) is 43.4 Å². The number of nitrogens with zero attached hydrogens (tertiary/aromatic N) is 2. The Morgan fingerprint density at radius 3 is 1.19 bits per heavy atom. The summed E-state index contributed by atoms with van der Waals surface area (Å²) in [5.41, 5.74) is -3.82. The van der Waals surface area contributed by atoms with Gasteiger partial charge < -0.3 is 0 Å². The molecular formula is C52H28Br2Cl2F12N2O7. The molecule has 6 aromatic rings. The molecule has 2 aliphatic rings. The number of carbonyl (C=O) groups is 7. The van der Waals surface area contributed by atoms with Gasteiger partial charge in [0, 0.05) is 35.7 Å². The molecule has 2 heterocycles. The van der Waals surface area contributed by atoms with E-state index in [9.17, 15) is 86.2 Å². The molecule has 0 aliphatic carbocycles. The summed E-state index contributed by atoms with van der Waals surface area (Å²) in [6.45, 7) is 1.29. The third kappa shape index (κ3) is 14.0. The largest absolute Gasteiger partial charge is 0.454 e. The molecule has 6 aromatic carbocycles. The summed E-state index contributed by atoms with van der Waals surface area (Å²) in [6, 6.07) is 24.4. The Labute approximate surface area is 453 Å². The number of carbonyl (C=O) groups excluding carboxylic acids is 7. The van der Waals surface area contributed by atoms with Crippen molar-refractivity contribution in [3.8, 4) is 0 Å². The van der Waals surface area contributed by atoms with Crippen molar-refractivity contribution in [2.45, 2.75) is 44.7 Å². The third-order valence-electron chi connectivity index (χ3n) is 11.1. The Morgan fingerprint density at radius 1 is 0.481 bits per heavy atom. The van der Waals surface area contributed by atoms with Crippen LogP contribution in [0.3, 0.4) is 0 Å². The molecule has 0 bridgehead atoms. The lowest BCUT2D eigenvalue weighted by atomic mass is 9.99. The molecule has 400 valence electrons. The predicted octanol–water partition coefficient (Wildman–Crippen LogP) is 15.3. The fraction of sp³-hybridized carbons (Fsp3) is 0.135. The summed E-state index contributed by atoms with van der Waals surface area (Å²) in [7, 11) is 0. The van der Waals surface area contributed by atoms with Crippen LogP contribution in [0.2, 0.25) is 10.0 Å². The second-order valence-electron chi connectivity index (χ2n) is 16.4. The molecule has 0 aromatic heterocycles. The van der Waals surface area contributed by atoms with Crippen LogP contribution in [0.5, 0.6) is 0 Å². The quantitative estimate of drug-likeness (QED) is 0.0611. The molecule has 0 spiro atoms. The fourth-order valence-electron chi connectivity index (χ4n) is 7.33. The van der Waals surface area contributed by atoms with Crippen molar-refractivity contribution in [1.82, 2.24) is 9.80 Å². The van der Waals surface area contributed by atoms with Crippen LogP contribution in [0.4, 0.5) is 52.7 Å². The Balaban J connectivity index is 0.000000207. The molecule has 0 saturated carbocycles. The molecule has 0 unspecified atom stereocenters. The lowest BCUT2D eigenvalue weighted by Gasteiger charge is -2.16. The van der Waals surface area contributed by atoms with Gasteiger partial charge in [0.15, 0.2) is 11.6 Å². The highest BCUT2D eigenvalue weighted by molar-refractivity contribution is 9.10. The second-order valence-corrected chi connectivity index (χ2v) is 19.0. The SMILES string of the molecule is CC(=O)c1ccc(CN2C(=O)c3ccccc3C2=O)c(Cl)c1.O=C(/C=C(/c1cc(Br)cc(C(F)(F)F)c1)C(F)(F)F)c1ccc(CN2C(=O)c3ccccc3C2=O)c(Cl)c1.O=C(c1cc(Br)cc(C(F)(F)F)c1)C(F)(F)F. The number of imide groups is 2. The number of ketones is 3. The highest BCUT2D eigenvalue weighted by atomic mass is 79.9. The summed E-state index contributed by atoms with van der Waals surface area (Å²) >= 11 is 17.8. The van der Waals surface area contributed by atoms with Crippen molar-refractivity contribution in [3.05, 3.63) is 213 Å². The van der Waals surface area contributed by atoms with Gasteiger partial charge in [-0.1, -0.05) is 104 Å². The lowest BCUT2D eigenvalue weighted by molar-refractivity contribution is -0.138. The number of hydrogen-bond acceptors (Lipinski definition) is 7. The smallest absolute Gasteiger partial charge is 0.295 e. The number of hydrogen-bond donors (Lipinski definition) is 0. The maximum absolute atomic E-state index is 13.8. The molecule has 0 N–H and O–H groups in total. The third-order valence-corrected chi connectivity index (χ3v) is 12.7. The zero-order valence-corrected chi connectivity index (χ0v) is 43.0. The minimum atomic E-state index is -5.20. The summed E-state index contributed by atoms with van der Waals surface area (Å²) in [5, 5.41) is 0.264. The molecule has 2 aliphatic heterocycles. The van der Waals surface area contributed by atoms with Crippen LogP contribution in [0, 0.1) is 0 Å². The average Bonchev–Trinajstić information content (AvgIpc) is 3.73. The van der Waals surface area contributed by atoms with Crippen molar-refractivity contribution in [1.29, 1.82) is 0 Å². The van der Waals surface area contributed by atoms with Crippen LogP contribution in [0.25, 0.3) is 5.57 Å². The van der Waals surface area contributed by atoms with Crippen molar-refractivity contribution < 1.29 is 86.2 Å². The molecule has 8 rings (SSSR count). The first-order valence-electron chi connectivity index (χ1n) is 21.4. The summed E-state index contributed by atoms with van der Waals surface area (Å²) in [5.74, 6) is -5.32. The molecule has 4 amide bonds. The van der Waals surface area contributed by atoms with E-state index >= 15 is 0 Å². The monoisotopic (exact) mass is 1250 g/mol. The van der Waals surface area contributed by atoms with Crippen LogP contribution in [-0.2, 0) is 25.4 Å². The van der Waals surface area contributed by atoms with Crippen LogP contribution >= 0.6 is 55.1 Å². The predicted molar refractivity (Wildman–Crippen MR) is 261 cm³/mol. The summed E-state index contributed by atoms with van der Waals surface area (Å²) < 4.78 is 153. The van der Waals surface area contributed by atoms with E-state index in [1.54, 1.807) is 54.6 Å². The average molecular weight is 1250 g/mol. The number of fused-ring (bicyclic) bond motifs is 2. The van der Waals surface area contributed by atoms with Crippen LogP contribution in [-0.4, -0.2) is 63.1 Å². The van der Waals surface area contributed by atoms with Crippen molar-refractivity contribution in [2.75, 3.05) is 0 Å². The van der Waals surface area contributed by atoms with E-state index in [1.807, 2.05) is 0 Å². The standard InChI is InChI=1S/C26H13BrClF6NO3.C17H12ClNO3.C9H3BrF6O/c27-17-8-15(7-16(10-17)25(29,30)31)20(26(32,33)34)11-22(36)13-5-6-14(21(28)9-13)12-35-23(37)18-3-1-2-4-19(18)24(35)38;1-10(20)11-6-7-12(15(18)8-11)9-19-16(21)13-4-2-3-5-14(13)17(19)22;10-6-2-4(7(17)9(14,15)16)1-5(3-6)8(11,12)13/h1-11H,12H2;2-8H,9H2,1H3;1-3H/b20-11-;;. The topological polar surface area (TPSA) is 126 Å². The maximum Gasteiger partial charge on any atom is 0.454 e. The van der Waals surface area contributed by atoms with E-state index in [-0.39, 0.29) is 79.1 Å². The summed E-state index contributed by atoms with van der Waals surface area (Å²) in [6.07, 6.45) is -19.9. The van der Waals surface area contributed by atoms with Gasteiger partial charge in [-0.05, 0) is 102 Å². The van der Waals surface area contributed by atoms with Gasteiger partial charge in [-0.25, -0.2) is 0 Å². The van der Waals surface area contributed by atoms with Gasteiger partial charge in [-0.2, -0.15) is 52.7 Å². The Morgan fingerprint density at radius 2 is 0.844 bits per heavy atom. The Bertz CT molecular complexity index is 3380. The molecule has 0 atom stereocenters. The molecule has 25 heteroatoms. The van der Waals surface area contributed by atoms with Crippen LogP contribution < -0.4 is 0 Å². The lowest BCUT2D eigenvalue weighted by Crippen LogP contribution is -2.29. The highest BCUT2D eigenvalue weighted by Crippen LogP contribution is 2.40. The Hall–Kier alpha value is -6.95. The van der Waals surface area contributed by atoms with Gasteiger partial charge in [0.05, 0.1) is 52.0 Å². The van der Waals surface area contributed by atoms with Gasteiger partial charge >= 0.3 is 24.7 Å². The van der Waals surface area contributed by atoms with Gasteiger partial charge in [0.1, 0.15) is 0 Å². The van der Waals surface area contributed by atoms with Crippen molar-refractivity contribution in [3.63, 3.8) is 0 Å². The minimum absolute atomic E-state index is 0.0867. The number of benzene rings is 6. The van der Waals surface area contributed by atoms with Crippen LogP contribution in [0.1, 0.15) is 107 Å². The zero-order valence-electron chi connectivity index (χ0n) is 38.3. The van der Waals surface area contributed by atoms with Gasteiger partial charge in [-0.15, -0.1) is 0 Å². The molecule has 77 heavy (non-hydrogen) atoms. The number of allylic oxidation sites excluding steroid dienone is 2. The molecule has 9 nitrogen and oxygen atoms in total. The minimum Gasteiger partial charge on any atom is -0.295 e. The summed E-state index contributed by atoms with van der Waals surface area (Å²) in [4.78, 5) is 86.7. The first-order valence-corrected chi connectivity index (χ1v) is 23.7.